The first-order valence-corrected chi connectivity index (χ1v) is 8.00. The molecule has 1 aromatic carbocycles. The second kappa shape index (κ2) is 4.86. The number of hydrogen-bond donors (Lipinski definition) is 2. The van der Waals surface area contributed by atoms with Gasteiger partial charge in [0.05, 0.1) is 10.5 Å². The van der Waals surface area contributed by atoms with Crippen LogP contribution in [-0.2, 0) is 10.0 Å². The molecule has 0 saturated heterocycles. The maximum Gasteiger partial charge on any atom is 0.337 e. The van der Waals surface area contributed by atoms with Gasteiger partial charge in [0.1, 0.15) is 0 Å². The van der Waals surface area contributed by atoms with Crippen molar-refractivity contribution >= 4 is 16.0 Å². The Morgan fingerprint density at radius 2 is 1.90 bits per heavy atom. The molecule has 20 heavy (non-hydrogen) atoms. The van der Waals surface area contributed by atoms with Crippen LogP contribution in [0.1, 0.15) is 55.5 Å². The smallest absolute Gasteiger partial charge is 0.337 e. The predicted molar refractivity (Wildman–Crippen MR) is 75.5 cm³/mol. The molecule has 0 aromatic heterocycles. The minimum Gasteiger partial charge on any atom is -0.478 e. The lowest BCUT2D eigenvalue weighted by Gasteiger charge is -2.21. The molecule has 1 aliphatic carbocycles. The molecule has 0 radical (unpaired) electrons. The highest BCUT2D eigenvalue weighted by Crippen LogP contribution is 2.41. The van der Waals surface area contributed by atoms with Gasteiger partial charge in [-0.2, -0.15) is 0 Å². The van der Waals surface area contributed by atoms with Crippen LogP contribution < -0.4 is 4.72 Å². The molecule has 0 amide bonds. The van der Waals surface area contributed by atoms with Crippen LogP contribution in [0.5, 0.6) is 0 Å². The van der Waals surface area contributed by atoms with Gasteiger partial charge in [0.15, 0.2) is 0 Å². The number of rotatable bonds is 4. The first kappa shape index (κ1) is 15.0. The minimum absolute atomic E-state index is 0.149. The fourth-order valence-corrected chi connectivity index (χ4v) is 3.72. The van der Waals surface area contributed by atoms with Gasteiger partial charge < -0.3 is 5.11 Å². The van der Waals surface area contributed by atoms with Crippen molar-refractivity contribution in [2.75, 3.05) is 0 Å². The third-order valence-electron chi connectivity index (χ3n) is 3.01. The number of nitrogens with one attached hydrogen (secondary N) is 1. The van der Waals surface area contributed by atoms with E-state index in [1.165, 1.54) is 12.1 Å². The number of hydrogen-bond acceptors (Lipinski definition) is 3. The van der Waals surface area contributed by atoms with E-state index in [1.54, 1.807) is 26.8 Å². The van der Waals surface area contributed by atoms with E-state index in [1.807, 2.05) is 0 Å². The van der Waals surface area contributed by atoms with E-state index in [0.717, 1.165) is 18.4 Å². The summed E-state index contributed by atoms with van der Waals surface area (Å²) < 4.78 is 27.3. The van der Waals surface area contributed by atoms with Crippen molar-refractivity contribution in [3.63, 3.8) is 0 Å². The summed E-state index contributed by atoms with van der Waals surface area (Å²) in [5.41, 5.74) is 0.0416. The summed E-state index contributed by atoms with van der Waals surface area (Å²) in [5, 5.41) is 9.18. The molecule has 1 aromatic rings. The maximum absolute atomic E-state index is 12.4. The van der Waals surface area contributed by atoms with Crippen molar-refractivity contribution < 1.29 is 18.3 Å². The molecule has 0 aliphatic heterocycles. The second-order valence-electron chi connectivity index (χ2n) is 6.19. The van der Waals surface area contributed by atoms with Crippen LogP contribution in [0.2, 0.25) is 0 Å². The Balaban J connectivity index is 2.51. The lowest BCUT2D eigenvalue weighted by Crippen LogP contribution is -2.41. The quantitative estimate of drug-likeness (QED) is 0.893. The van der Waals surface area contributed by atoms with Crippen LogP contribution in [0.25, 0.3) is 0 Å². The zero-order valence-electron chi connectivity index (χ0n) is 11.8. The molecule has 0 atom stereocenters. The van der Waals surface area contributed by atoms with Gasteiger partial charge in [-0.05, 0) is 57.2 Å². The highest BCUT2D eigenvalue weighted by molar-refractivity contribution is 7.89. The van der Waals surface area contributed by atoms with Crippen LogP contribution in [0, 0.1) is 0 Å². The molecule has 0 unspecified atom stereocenters. The van der Waals surface area contributed by atoms with Gasteiger partial charge in [-0.15, -0.1) is 0 Å². The molecular weight excluding hydrogens is 278 g/mol. The molecule has 1 saturated carbocycles. The van der Waals surface area contributed by atoms with Crippen LogP contribution in [0.3, 0.4) is 0 Å². The standard InChI is InChI=1S/C14H19NO4S/c1-14(2,3)15-20(18,19)12-8-10(9-4-5-9)6-7-11(12)13(16)17/h6-9,15H,4-5H2,1-3H3,(H,16,17). The average Bonchev–Trinajstić information content (AvgIpc) is 3.08. The second-order valence-corrected chi connectivity index (χ2v) is 7.84. The Bertz CT molecular complexity index is 640. The third-order valence-corrected chi connectivity index (χ3v) is 4.81. The van der Waals surface area contributed by atoms with Gasteiger partial charge in [0.25, 0.3) is 0 Å². The minimum atomic E-state index is -3.85. The molecule has 0 spiro atoms. The average molecular weight is 297 g/mol. The van der Waals surface area contributed by atoms with Crippen molar-refractivity contribution in [1.29, 1.82) is 0 Å². The lowest BCUT2D eigenvalue weighted by molar-refractivity contribution is 0.0692. The van der Waals surface area contributed by atoms with E-state index in [9.17, 15) is 18.3 Å². The summed E-state index contributed by atoms with van der Waals surface area (Å²) in [7, 11) is -3.85. The number of carbonyl (C=O) groups is 1. The summed E-state index contributed by atoms with van der Waals surface area (Å²) in [6, 6.07) is 4.58. The first-order valence-electron chi connectivity index (χ1n) is 6.51. The molecule has 6 heteroatoms. The Morgan fingerprint density at radius 1 is 1.30 bits per heavy atom. The largest absolute Gasteiger partial charge is 0.478 e. The van der Waals surface area contributed by atoms with Crippen LogP contribution >= 0.6 is 0 Å². The van der Waals surface area contributed by atoms with E-state index >= 15 is 0 Å². The summed E-state index contributed by atoms with van der Waals surface area (Å²) in [6.07, 6.45) is 2.05. The van der Waals surface area contributed by atoms with Crippen molar-refractivity contribution in [2.24, 2.45) is 0 Å². The van der Waals surface area contributed by atoms with E-state index in [0.29, 0.717) is 5.92 Å². The van der Waals surface area contributed by atoms with Gasteiger partial charge in [0.2, 0.25) is 10.0 Å². The zero-order valence-corrected chi connectivity index (χ0v) is 12.6. The Labute approximate surface area is 119 Å². The van der Waals surface area contributed by atoms with Crippen molar-refractivity contribution in [1.82, 2.24) is 4.72 Å². The summed E-state index contributed by atoms with van der Waals surface area (Å²) in [6.45, 7) is 5.15. The van der Waals surface area contributed by atoms with Gasteiger partial charge in [-0.25, -0.2) is 17.9 Å². The summed E-state index contributed by atoms with van der Waals surface area (Å²) >= 11 is 0. The number of benzene rings is 1. The molecule has 1 aliphatic rings. The molecule has 2 rings (SSSR count). The Morgan fingerprint density at radius 3 is 2.35 bits per heavy atom. The summed E-state index contributed by atoms with van der Waals surface area (Å²) in [4.78, 5) is 11.1. The summed E-state index contributed by atoms with van der Waals surface area (Å²) in [5.74, 6) is -0.872. The fraction of sp³-hybridized carbons (Fsp3) is 0.500. The molecule has 110 valence electrons. The number of aromatic carboxylic acids is 1. The van der Waals surface area contributed by atoms with Crippen molar-refractivity contribution in [3.05, 3.63) is 29.3 Å². The van der Waals surface area contributed by atoms with Crippen molar-refractivity contribution in [3.8, 4) is 0 Å². The monoisotopic (exact) mass is 297 g/mol. The topological polar surface area (TPSA) is 83.5 Å². The highest BCUT2D eigenvalue weighted by atomic mass is 32.2. The Kier molecular flexibility index (Phi) is 3.64. The number of carboxylic acid groups (broad SMARTS) is 1. The number of carboxylic acids is 1. The van der Waals surface area contributed by atoms with Crippen LogP contribution in [-0.4, -0.2) is 25.0 Å². The third kappa shape index (κ3) is 3.37. The normalized spacial score (nSPS) is 16.1. The predicted octanol–water partition coefficient (Wildman–Crippen LogP) is 2.34. The highest BCUT2D eigenvalue weighted by Gasteiger charge is 2.30. The van der Waals surface area contributed by atoms with Gasteiger partial charge in [-0.1, -0.05) is 6.07 Å². The molecule has 0 bridgehead atoms. The molecule has 2 N–H and O–H groups in total. The Hall–Kier alpha value is -1.40. The molecule has 1 fully saturated rings. The van der Waals surface area contributed by atoms with Crippen LogP contribution in [0.4, 0.5) is 0 Å². The lowest BCUT2D eigenvalue weighted by atomic mass is 10.1. The van der Waals surface area contributed by atoms with Crippen molar-refractivity contribution in [2.45, 2.75) is 50.0 Å². The van der Waals surface area contributed by atoms with E-state index in [4.69, 9.17) is 0 Å². The molecule has 0 heterocycles. The zero-order chi connectivity index (χ0) is 15.1. The molecule has 5 nitrogen and oxygen atoms in total. The maximum atomic E-state index is 12.4. The van der Waals surface area contributed by atoms with E-state index < -0.39 is 21.5 Å². The van der Waals surface area contributed by atoms with Gasteiger partial charge in [0, 0.05) is 5.54 Å². The SMILES string of the molecule is CC(C)(C)NS(=O)(=O)c1cc(C2CC2)ccc1C(=O)O. The van der Waals surface area contributed by atoms with Gasteiger partial charge in [-0.3, -0.25) is 0 Å². The van der Waals surface area contributed by atoms with Gasteiger partial charge >= 0.3 is 5.97 Å². The first-order chi connectivity index (χ1) is 9.10. The van der Waals surface area contributed by atoms with E-state index in [-0.39, 0.29) is 10.5 Å². The number of sulfonamides is 1. The van der Waals surface area contributed by atoms with E-state index in [2.05, 4.69) is 4.72 Å². The van der Waals surface area contributed by atoms with Crippen LogP contribution in [0.15, 0.2) is 23.1 Å². The fourth-order valence-electron chi connectivity index (χ4n) is 2.07. The molecular formula is C14H19NO4S.